The van der Waals surface area contributed by atoms with Crippen LogP contribution in [0, 0.1) is 6.92 Å². The van der Waals surface area contributed by atoms with E-state index in [1.807, 2.05) is 37.3 Å². The van der Waals surface area contributed by atoms with Gasteiger partial charge in [-0.15, -0.1) is 0 Å². The van der Waals surface area contributed by atoms with Crippen molar-refractivity contribution in [2.45, 2.75) is 26.3 Å². The zero-order valence-electron chi connectivity index (χ0n) is 11.6. The minimum absolute atomic E-state index is 0.165. The number of aliphatic hydroxyl groups is 1. The Hall–Kier alpha value is -2.14. The molecule has 2 N–H and O–H groups in total. The number of aromatic nitrogens is 1. The van der Waals surface area contributed by atoms with Crippen LogP contribution in [0.25, 0.3) is 0 Å². The maximum absolute atomic E-state index is 12.3. The minimum atomic E-state index is -0.442. The zero-order valence-corrected chi connectivity index (χ0v) is 11.6. The Balaban J connectivity index is 2.20. The van der Waals surface area contributed by atoms with E-state index in [4.69, 9.17) is 4.52 Å². The molecule has 0 bridgehead atoms. The van der Waals surface area contributed by atoms with Crippen LogP contribution < -0.4 is 5.32 Å². The summed E-state index contributed by atoms with van der Waals surface area (Å²) in [5.74, 6) is 0.215. The highest BCUT2D eigenvalue weighted by atomic mass is 16.5. The second kappa shape index (κ2) is 6.34. The van der Waals surface area contributed by atoms with E-state index in [0.29, 0.717) is 23.4 Å². The van der Waals surface area contributed by atoms with Gasteiger partial charge >= 0.3 is 0 Å². The van der Waals surface area contributed by atoms with E-state index in [2.05, 4.69) is 10.5 Å². The minimum Gasteiger partial charge on any atom is -0.394 e. The van der Waals surface area contributed by atoms with Crippen LogP contribution in [-0.2, 0) is 6.42 Å². The first kappa shape index (κ1) is 14.3. The molecule has 20 heavy (non-hydrogen) atoms. The number of nitrogens with one attached hydrogen (secondary N) is 1. The fourth-order valence-electron chi connectivity index (χ4n) is 2.10. The van der Waals surface area contributed by atoms with Gasteiger partial charge in [-0.1, -0.05) is 42.4 Å². The lowest BCUT2D eigenvalue weighted by Crippen LogP contribution is -2.31. The third kappa shape index (κ3) is 2.88. The molecule has 5 nitrogen and oxygen atoms in total. The van der Waals surface area contributed by atoms with Crippen molar-refractivity contribution in [3.63, 3.8) is 0 Å². The summed E-state index contributed by atoms with van der Waals surface area (Å²) >= 11 is 0. The van der Waals surface area contributed by atoms with E-state index in [1.54, 1.807) is 6.92 Å². The lowest BCUT2D eigenvalue weighted by molar-refractivity contribution is 0.0914. The van der Waals surface area contributed by atoms with Crippen LogP contribution >= 0.6 is 0 Å². The van der Waals surface area contributed by atoms with Gasteiger partial charge < -0.3 is 14.9 Å². The molecule has 1 amide bonds. The highest BCUT2D eigenvalue weighted by Gasteiger charge is 2.22. The molecule has 5 heteroatoms. The monoisotopic (exact) mass is 274 g/mol. The highest BCUT2D eigenvalue weighted by Crippen LogP contribution is 2.17. The third-order valence-corrected chi connectivity index (χ3v) is 3.19. The van der Waals surface area contributed by atoms with Crippen molar-refractivity contribution in [2.75, 3.05) is 6.61 Å². The molecule has 1 unspecified atom stereocenters. The van der Waals surface area contributed by atoms with Crippen LogP contribution in [-0.4, -0.2) is 22.8 Å². The summed E-state index contributed by atoms with van der Waals surface area (Å²) in [6, 6.07) is 8.91. The maximum atomic E-state index is 12.3. The number of hydrogen-bond acceptors (Lipinski definition) is 4. The predicted molar refractivity (Wildman–Crippen MR) is 74.4 cm³/mol. The quantitative estimate of drug-likeness (QED) is 0.874. The predicted octanol–water partition coefficient (Wildman–Crippen LogP) is 2.01. The Morgan fingerprint density at radius 2 is 2.10 bits per heavy atom. The molecule has 0 aliphatic carbocycles. The smallest absolute Gasteiger partial charge is 0.257 e. The first-order valence-electron chi connectivity index (χ1n) is 6.59. The van der Waals surface area contributed by atoms with E-state index in [1.165, 1.54) is 0 Å². The molecule has 0 saturated heterocycles. The van der Waals surface area contributed by atoms with Crippen molar-refractivity contribution in [2.24, 2.45) is 0 Å². The number of aliphatic hydroxyl groups excluding tert-OH is 1. The fraction of sp³-hybridized carbons (Fsp3) is 0.333. The van der Waals surface area contributed by atoms with Crippen LogP contribution in [0.15, 0.2) is 34.9 Å². The Labute approximate surface area is 117 Å². The summed E-state index contributed by atoms with van der Waals surface area (Å²) in [5.41, 5.74) is 1.95. The van der Waals surface area contributed by atoms with Crippen LogP contribution in [0.5, 0.6) is 0 Å². The Morgan fingerprint density at radius 1 is 1.40 bits per heavy atom. The standard InChI is InChI=1S/C15H18N2O3/c1-3-12-14(10(2)20-17-12)15(19)16-13(9-18)11-7-5-4-6-8-11/h4-8,13,18H,3,9H2,1-2H3,(H,16,19). The van der Waals surface area contributed by atoms with Gasteiger partial charge in [0.1, 0.15) is 11.3 Å². The summed E-state index contributed by atoms with van der Waals surface area (Å²) in [5, 5.41) is 16.1. The number of carbonyl (C=O) groups excluding carboxylic acids is 1. The largest absolute Gasteiger partial charge is 0.394 e. The molecule has 0 radical (unpaired) electrons. The van der Waals surface area contributed by atoms with Crippen molar-refractivity contribution in [3.8, 4) is 0 Å². The summed E-state index contributed by atoms with van der Waals surface area (Å²) in [7, 11) is 0. The average molecular weight is 274 g/mol. The first-order valence-corrected chi connectivity index (χ1v) is 6.59. The second-order valence-electron chi connectivity index (χ2n) is 4.53. The molecular formula is C15H18N2O3. The average Bonchev–Trinajstić information content (AvgIpc) is 2.86. The van der Waals surface area contributed by atoms with E-state index in [0.717, 1.165) is 5.56 Å². The molecule has 106 valence electrons. The van der Waals surface area contributed by atoms with Gasteiger partial charge in [0.25, 0.3) is 5.91 Å². The van der Waals surface area contributed by atoms with E-state index < -0.39 is 6.04 Å². The van der Waals surface area contributed by atoms with Crippen molar-refractivity contribution >= 4 is 5.91 Å². The lowest BCUT2D eigenvalue weighted by atomic mass is 10.1. The number of rotatable bonds is 5. The molecule has 1 atom stereocenters. The Morgan fingerprint density at radius 3 is 2.70 bits per heavy atom. The zero-order chi connectivity index (χ0) is 14.5. The van der Waals surface area contributed by atoms with Crippen LogP contribution in [0.3, 0.4) is 0 Å². The number of carbonyl (C=O) groups is 1. The van der Waals surface area contributed by atoms with Crippen LogP contribution in [0.1, 0.15) is 40.3 Å². The van der Waals surface area contributed by atoms with Crippen molar-refractivity contribution in [1.82, 2.24) is 10.5 Å². The van der Waals surface area contributed by atoms with Gasteiger partial charge in [0.15, 0.2) is 0 Å². The van der Waals surface area contributed by atoms with Gasteiger partial charge in [-0.2, -0.15) is 0 Å². The molecule has 0 aliphatic rings. The van der Waals surface area contributed by atoms with Gasteiger partial charge in [-0.3, -0.25) is 4.79 Å². The molecule has 0 saturated carbocycles. The van der Waals surface area contributed by atoms with Gasteiger partial charge in [0, 0.05) is 0 Å². The summed E-state index contributed by atoms with van der Waals surface area (Å²) < 4.78 is 5.06. The van der Waals surface area contributed by atoms with E-state index in [9.17, 15) is 9.90 Å². The highest BCUT2D eigenvalue weighted by molar-refractivity contribution is 5.96. The normalized spacial score (nSPS) is 12.2. The van der Waals surface area contributed by atoms with Gasteiger partial charge in [0.2, 0.25) is 0 Å². The van der Waals surface area contributed by atoms with Crippen LogP contribution in [0.2, 0.25) is 0 Å². The summed E-state index contributed by atoms with van der Waals surface area (Å²) in [6.07, 6.45) is 0.620. The molecular weight excluding hydrogens is 256 g/mol. The van der Waals surface area contributed by atoms with Gasteiger partial charge in [-0.05, 0) is 18.9 Å². The number of nitrogens with zero attached hydrogens (tertiary/aromatic N) is 1. The second-order valence-corrected chi connectivity index (χ2v) is 4.53. The third-order valence-electron chi connectivity index (χ3n) is 3.19. The van der Waals surface area contributed by atoms with Crippen LogP contribution in [0.4, 0.5) is 0 Å². The van der Waals surface area contributed by atoms with Gasteiger partial charge in [-0.25, -0.2) is 0 Å². The maximum Gasteiger partial charge on any atom is 0.257 e. The molecule has 2 aromatic rings. The molecule has 0 fully saturated rings. The number of amides is 1. The molecule has 1 aromatic heterocycles. The molecule has 1 aromatic carbocycles. The number of hydrogen-bond donors (Lipinski definition) is 2. The number of benzene rings is 1. The fourth-order valence-corrected chi connectivity index (χ4v) is 2.10. The lowest BCUT2D eigenvalue weighted by Gasteiger charge is -2.16. The van der Waals surface area contributed by atoms with Gasteiger partial charge in [0.05, 0.1) is 18.3 Å². The van der Waals surface area contributed by atoms with E-state index in [-0.39, 0.29) is 12.5 Å². The summed E-state index contributed by atoms with van der Waals surface area (Å²) in [6.45, 7) is 3.45. The Kier molecular flexibility index (Phi) is 4.53. The SMILES string of the molecule is CCc1noc(C)c1C(=O)NC(CO)c1ccccc1. The molecule has 0 spiro atoms. The summed E-state index contributed by atoms with van der Waals surface area (Å²) in [4.78, 5) is 12.3. The number of aryl methyl sites for hydroxylation is 2. The topological polar surface area (TPSA) is 75.4 Å². The van der Waals surface area contributed by atoms with E-state index >= 15 is 0 Å². The Bertz CT molecular complexity index is 578. The molecule has 2 rings (SSSR count). The first-order chi connectivity index (χ1) is 9.67. The van der Waals surface area contributed by atoms with Crippen molar-refractivity contribution in [3.05, 3.63) is 52.9 Å². The van der Waals surface area contributed by atoms with Crippen molar-refractivity contribution < 1.29 is 14.4 Å². The van der Waals surface area contributed by atoms with Crippen molar-refractivity contribution in [1.29, 1.82) is 0 Å². The molecule has 0 aliphatic heterocycles. The molecule has 1 heterocycles.